The summed E-state index contributed by atoms with van der Waals surface area (Å²) in [5, 5.41) is 0. The Balaban J connectivity index is 2.08. The largest absolute Gasteiger partial charge is 0.383 e. The lowest BCUT2D eigenvalue weighted by atomic mass is 10.2. The molecule has 0 aromatic heterocycles. The van der Waals surface area contributed by atoms with E-state index in [1.165, 1.54) is 19.3 Å². The molecule has 0 spiro atoms. The molecule has 1 nitrogen and oxygen atoms in total. The van der Waals surface area contributed by atoms with E-state index < -0.39 is 0 Å². The summed E-state index contributed by atoms with van der Waals surface area (Å²) in [6.45, 7) is 3.48. The van der Waals surface area contributed by atoms with Crippen LogP contribution in [0.15, 0.2) is 0 Å². The SMILES string of the molecule is C[SiH2][SiH2]C1CCCCO1. The van der Waals surface area contributed by atoms with Gasteiger partial charge in [-0.3, -0.25) is 0 Å². The second-order valence-electron chi connectivity index (χ2n) is 2.78. The Morgan fingerprint density at radius 2 is 2.33 bits per heavy atom. The minimum Gasteiger partial charge on any atom is -0.383 e. The maximum absolute atomic E-state index is 5.61. The molecule has 0 aromatic rings. The van der Waals surface area contributed by atoms with Crippen LogP contribution < -0.4 is 0 Å². The van der Waals surface area contributed by atoms with Crippen LogP contribution in [0.1, 0.15) is 19.3 Å². The van der Waals surface area contributed by atoms with E-state index in [0.29, 0.717) is 18.1 Å². The van der Waals surface area contributed by atoms with Gasteiger partial charge in [-0.15, -0.1) is 0 Å². The van der Waals surface area contributed by atoms with Crippen molar-refractivity contribution in [2.75, 3.05) is 6.61 Å². The van der Waals surface area contributed by atoms with E-state index in [1.807, 2.05) is 0 Å². The fourth-order valence-electron chi connectivity index (χ4n) is 1.36. The van der Waals surface area contributed by atoms with E-state index in [9.17, 15) is 0 Å². The summed E-state index contributed by atoms with van der Waals surface area (Å²) < 4.78 is 5.61. The third-order valence-corrected chi connectivity index (χ3v) is 7.41. The van der Waals surface area contributed by atoms with Crippen LogP contribution in [0.2, 0.25) is 6.55 Å². The zero-order valence-electron chi connectivity index (χ0n) is 6.23. The standard InChI is InChI=1S/C6H16OSi2/c1-8-9-6-4-2-3-5-7-6/h6H,2-5,8-9H2,1H3. The molecule has 1 unspecified atom stereocenters. The zero-order chi connectivity index (χ0) is 6.53. The number of ether oxygens (including phenoxy) is 1. The van der Waals surface area contributed by atoms with Crippen molar-refractivity contribution in [1.82, 2.24) is 0 Å². The first-order valence-electron chi connectivity index (χ1n) is 4.05. The van der Waals surface area contributed by atoms with Gasteiger partial charge >= 0.3 is 0 Å². The molecular formula is C6H16OSi2. The first kappa shape index (κ1) is 7.50. The van der Waals surface area contributed by atoms with E-state index in [2.05, 4.69) is 6.55 Å². The van der Waals surface area contributed by atoms with Crippen molar-refractivity contribution in [2.24, 2.45) is 0 Å². The molecule has 1 aliphatic rings. The molecule has 1 atom stereocenters. The summed E-state index contributed by atoms with van der Waals surface area (Å²) in [7, 11) is 0.676. The second kappa shape index (κ2) is 4.25. The Hall–Kier alpha value is 0.394. The minimum absolute atomic E-state index is 0.293. The van der Waals surface area contributed by atoms with Crippen LogP contribution >= 0.6 is 0 Å². The molecule has 9 heavy (non-hydrogen) atoms. The molecule has 1 saturated heterocycles. The molecule has 0 aliphatic carbocycles. The summed E-state index contributed by atoms with van der Waals surface area (Å²) in [5.74, 6) is 0. The predicted octanol–water partition coefficient (Wildman–Crippen LogP) is -0.186. The lowest BCUT2D eigenvalue weighted by molar-refractivity contribution is 0.0665. The maximum atomic E-state index is 5.61. The maximum Gasteiger partial charge on any atom is 0.0465 e. The quantitative estimate of drug-likeness (QED) is 0.509. The van der Waals surface area contributed by atoms with E-state index in [0.717, 1.165) is 12.3 Å². The molecule has 0 bridgehead atoms. The smallest absolute Gasteiger partial charge is 0.0465 e. The van der Waals surface area contributed by atoms with Gasteiger partial charge in [-0.2, -0.15) is 0 Å². The highest BCUT2D eigenvalue weighted by Crippen LogP contribution is 2.10. The lowest BCUT2D eigenvalue weighted by Crippen LogP contribution is -2.28. The van der Waals surface area contributed by atoms with Crippen molar-refractivity contribution in [1.29, 1.82) is 0 Å². The highest BCUT2D eigenvalue weighted by Gasteiger charge is 2.11. The van der Waals surface area contributed by atoms with Gasteiger partial charge in [0.05, 0.1) is 0 Å². The van der Waals surface area contributed by atoms with Gasteiger partial charge in [-0.05, 0) is 19.3 Å². The van der Waals surface area contributed by atoms with Crippen LogP contribution in [-0.4, -0.2) is 30.4 Å². The van der Waals surface area contributed by atoms with Gasteiger partial charge < -0.3 is 4.74 Å². The predicted molar refractivity (Wildman–Crippen MR) is 46.5 cm³/mol. The van der Waals surface area contributed by atoms with Crippen LogP contribution in [0.4, 0.5) is 0 Å². The summed E-state index contributed by atoms with van der Waals surface area (Å²) >= 11 is 0. The molecule has 1 aliphatic heterocycles. The van der Waals surface area contributed by atoms with Gasteiger partial charge in [0.2, 0.25) is 0 Å². The molecular weight excluding hydrogens is 144 g/mol. The Bertz CT molecular complexity index is 68.7. The zero-order valence-corrected chi connectivity index (χ0v) is 9.06. The average molecular weight is 160 g/mol. The molecule has 3 heteroatoms. The van der Waals surface area contributed by atoms with E-state index in [-0.39, 0.29) is 0 Å². The average Bonchev–Trinajstić information content (AvgIpc) is 1.91. The van der Waals surface area contributed by atoms with Crippen LogP contribution in [0.5, 0.6) is 0 Å². The fourth-order valence-corrected chi connectivity index (χ4v) is 6.21. The highest BCUT2D eigenvalue weighted by molar-refractivity contribution is 7.00. The molecule has 1 fully saturated rings. The van der Waals surface area contributed by atoms with Crippen molar-refractivity contribution >= 4 is 18.1 Å². The first-order valence-corrected chi connectivity index (χ1v) is 10.3. The van der Waals surface area contributed by atoms with Crippen molar-refractivity contribution in [3.8, 4) is 0 Å². The van der Waals surface area contributed by atoms with E-state index in [4.69, 9.17) is 4.74 Å². The number of rotatable bonds is 2. The van der Waals surface area contributed by atoms with Gasteiger partial charge in [-0.1, -0.05) is 6.55 Å². The molecule has 54 valence electrons. The van der Waals surface area contributed by atoms with Gasteiger partial charge in [0, 0.05) is 30.4 Å². The van der Waals surface area contributed by atoms with Crippen molar-refractivity contribution in [3.05, 3.63) is 0 Å². The molecule has 1 heterocycles. The van der Waals surface area contributed by atoms with Gasteiger partial charge in [-0.25, -0.2) is 0 Å². The van der Waals surface area contributed by atoms with Gasteiger partial charge in [0.25, 0.3) is 0 Å². The molecule has 0 amide bonds. The van der Waals surface area contributed by atoms with E-state index >= 15 is 0 Å². The third-order valence-electron chi connectivity index (χ3n) is 1.88. The second-order valence-corrected chi connectivity index (χ2v) is 10.00. The summed E-state index contributed by atoms with van der Waals surface area (Å²) in [6, 6.07) is 0. The van der Waals surface area contributed by atoms with Crippen LogP contribution in [0.3, 0.4) is 0 Å². The monoisotopic (exact) mass is 160 g/mol. The topological polar surface area (TPSA) is 9.23 Å². The molecule has 1 rings (SSSR count). The molecule has 0 saturated carbocycles. The minimum atomic E-state index is 0.293. The van der Waals surface area contributed by atoms with Crippen molar-refractivity contribution < 1.29 is 4.74 Å². The Morgan fingerprint density at radius 3 is 2.89 bits per heavy atom. The van der Waals surface area contributed by atoms with Crippen LogP contribution in [0, 0.1) is 0 Å². The van der Waals surface area contributed by atoms with Crippen molar-refractivity contribution in [2.45, 2.75) is 31.5 Å². The Morgan fingerprint density at radius 1 is 1.44 bits per heavy atom. The molecule has 0 aromatic carbocycles. The van der Waals surface area contributed by atoms with Crippen LogP contribution in [0.25, 0.3) is 0 Å². The Kier molecular flexibility index (Phi) is 3.54. The highest BCUT2D eigenvalue weighted by atomic mass is 29.1. The molecule has 0 N–H and O–H groups in total. The number of hydrogen-bond donors (Lipinski definition) is 0. The third kappa shape index (κ3) is 2.64. The van der Waals surface area contributed by atoms with Gasteiger partial charge in [0.15, 0.2) is 0 Å². The van der Waals surface area contributed by atoms with Gasteiger partial charge in [0.1, 0.15) is 0 Å². The lowest BCUT2D eigenvalue weighted by Gasteiger charge is -2.21. The summed E-state index contributed by atoms with van der Waals surface area (Å²) in [5.41, 5.74) is 0.801. The van der Waals surface area contributed by atoms with Crippen molar-refractivity contribution in [3.63, 3.8) is 0 Å². The van der Waals surface area contributed by atoms with Crippen LogP contribution in [-0.2, 0) is 4.74 Å². The first-order chi connectivity index (χ1) is 4.43. The molecule has 0 radical (unpaired) electrons. The fraction of sp³-hybridized carbons (Fsp3) is 1.00. The number of hydrogen-bond acceptors (Lipinski definition) is 1. The van der Waals surface area contributed by atoms with E-state index in [1.54, 1.807) is 0 Å². The Labute approximate surface area is 61.6 Å². The normalized spacial score (nSPS) is 31.0. The summed E-state index contributed by atoms with van der Waals surface area (Å²) in [6.07, 6.45) is 4.15. The summed E-state index contributed by atoms with van der Waals surface area (Å²) in [4.78, 5) is 0.